The zero-order valence-electron chi connectivity index (χ0n) is 18.5. The highest BCUT2D eigenvalue weighted by molar-refractivity contribution is 5.69. The third-order valence-electron chi connectivity index (χ3n) is 6.41. The first-order chi connectivity index (χ1) is 15.7. The zero-order valence-corrected chi connectivity index (χ0v) is 18.5. The minimum Gasteiger partial charge on any atom is -0.396 e. The number of aryl methyl sites for hydroxylation is 1. The number of hydrogen-bond acceptors (Lipinski definition) is 7. The topological polar surface area (TPSA) is 79.5 Å². The summed E-state index contributed by atoms with van der Waals surface area (Å²) >= 11 is 0. The van der Waals surface area contributed by atoms with Gasteiger partial charge < -0.3 is 19.6 Å². The van der Waals surface area contributed by atoms with E-state index in [9.17, 15) is 5.11 Å². The normalized spacial score (nSPS) is 17.7. The van der Waals surface area contributed by atoms with Gasteiger partial charge in [-0.25, -0.2) is 9.97 Å². The second kappa shape index (κ2) is 9.26. The molecule has 4 heterocycles. The number of aliphatic hydroxyl groups is 1. The number of ether oxygens (including phenoxy) is 1. The number of aliphatic hydroxyl groups excluding tert-OH is 1. The van der Waals surface area contributed by atoms with E-state index in [-0.39, 0.29) is 6.61 Å². The highest BCUT2D eigenvalue weighted by Crippen LogP contribution is 2.29. The minimum absolute atomic E-state index is 0.263. The van der Waals surface area contributed by atoms with Crippen LogP contribution in [-0.4, -0.2) is 70.9 Å². The van der Waals surface area contributed by atoms with Gasteiger partial charge in [0.25, 0.3) is 0 Å². The average molecular weight is 435 g/mol. The third kappa shape index (κ3) is 4.47. The fourth-order valence-corrected chi connectivity index (χ4v) is 4.42. The van der Waals surface area contributed by atoms with Crippen LogP contribution in [0.15, 0.2) is 42.7 Å². The van der Waals surface area contributed by atoms with Crippen molar-refractivity contribution >= 4 is 11.5 Å². The monoisotopic (exact) mass is 434 g/mol. The highest BCUT2D eigenvalue weighted by atomic mass is 16.5. The van der Waals surface area contributed by atoms with E-state index in [4.69, 9.17) is 14.7 Å². The molecule has 0 radical (unpaired) electrons. The second-order valence-corrected chi connectivity index (χ2v) is 8.60. The van der Waals surface area contributed by atoms with Crippen LogP contribution >= 0.6 is 0 Å². The molecule has 2 aliphatic heterocycles. The summed E-state index contributed by atoms with van der Waals surface area (Å²) in [5, 5.41) is 13.8. The lowest BCUT2D eigenvalue weighted by Crippen LogP contribution is -2.36. The first-order valence-electron chi connectivity index (χ1n) is 11.4. The van der Waals surface area contributed by atoms with Crippen LogP contribution in [0, 0.1) is 5.92 Å². The van der Waals surface area contributed by atoms with Gasteiger partial charge in [0.1, 0.15) is 5.82 Å². The standard InChI is InChI=1S/C24H30N6O2/c1-28-16-20(15-25-28)24-26-22(14-23(27-24)30-8-6-18(17-31)7-9-30)19-2-4-21(5-3-19)29-10-12-32-13-11-29/h2-5,14-16,18,31H,6-13,17H2,1H3. The lowest BCUT2D eigenvalue weighted by atomic mass is 9.98. The molecule has 3 aromatic rings. The number of piperidine rings is 1. The van der Waals surface area contributed by atoms with Crippen LogP contribution in [0.2, 0.25) is 0 Å². The van der Waals surface area contributed by atoms with Crippen molar-refractivity contribution in [3.63, 3.8) is 0 Å². The SMILES string of the molecule is Cn1cc(-c2nc(-c3ccc(N4CCOCC4)cc3)cc(N3CCC(CO)CC3)n2)cn1. The minimum atomic E-state index is 0.263. The first kappa shape index (κ1) is 20.9. The van der Waals surface area contributed by atoms with E-state index in [2.05, 4.69) is 45.2 Å². The number of nitrogens with zero attached hydrogens (tertiary/aromatic N) is 6. The maximum Gasteiger partial charge on any atom is 0.165 e. The molecular weight excluding hydrogens is 404 g/mol. The molecule has 2 aromatic heterocycles. The van der Waals surface area contributed by atoms with Gasteiger partial charge in [-0.15, -0.1) is 0 Å². The lowest BCUT2D eigenvalue weighted by molar-refractivity contribution is 0.122. The average Bonchev–Trinajstić information content (AvgIpc) is 3.31. The molecule has 0 bridgehead atoms. The fraction of sp³-hybridized carbons (Fsp3) is 0.458. The van der Waals surface area contributed by atoms with Gasteiger partial charge in [0, 0.05) is 63.3 Å². The molecule has 0 aliphatic carbocycles. The zero-order chi connectivity index (χ0) is 21.9. The Balaban J connectivity index is 1.46. The molecule has 5 rings (SSSR count). The molecule has 8 heteroatoms. The molecule has 1 aromatic carbocycles. The smallest absolute Gasteiger partial charge is 0.165 e. The van der Waals surface area contributed by atoms with Gasteiger partial charge in [0.05, 0.1) is 30.7 Å². The number of morpholine rings is 1. The van der Waals surface area contributed by atoms with Gasteiger partial charge in [-0.1, -0.05) is 12.1 Å². The van der Waals surface area contributed by atoms with Crippen LogP contribution in [0.4, 0.5) is 11.5 Å². The molecule has 0 unspecified atom stereocenters. The van der Waals surface area contributed by atoms with E-state index >= 15 is 0 Å². The van der Waals surface area contributed by atoms with Crippen LogP contribution in [-0.2, 0) is 11.8 Å². The maximum absolute atomic E-state index is 9.49. The summed E-state index contributed by atoms with van der Waals surface area (Å²) in [6.45, 7) is 5.45. The Hall–Kier alpha value is -2.97. The number of rotatable bonds is 5. The molecule has 1 N–H and O–H groups in total. The number of hydrogen-bond donors (Lipinski definition) is 1. The lowest BCUT2D eigenvalue weighted by Gasteiger charge is -2.32. The predicted octanol–water partition coefficient (Wildman–Crippen LogP) is 2.59. The molecule has 0 amide bonds. The van der Waals surface area contributed by atoms with Crippen molar-refractivity contribution in [1.82, 2.24) is 19.7 Å². The quantitative estimate of drug-likeness (QED) is 0.661. The van der Waals surface area contributed by atoms with E-state index in [0.717, 1.165) is 74.9 Å². The van der Waals surface area contributed by atoms with Gasteiger partial charge in [0.15, 0.2) is 5.82 Å². The van der Waals surface area contributed by atoms with Gasteiger partial charge in [-0.2, -0.15) is 5.10 Å². The van der Waals surface area contributed by atoms with E-state index in [1.165, 1.54) is 5.69 Å². The third-order valence-corrected chi connectivity index (χ3v) is 6.41. The second-order valence-electron chi connectivity index (χ2n) is 8.60. The van der Waals surface area contributed by atoms with Crippen molar-refractivity contribution in [3.8, 4) is 22.6 Å². The van der Waals surface area contributed by atoms with Gasteiger partial charge in [-0.05, 0) is 30.9 Å². The molecule has 2 aliphatic rings. The maximum atomic E-state index is 9.49. The largest absolute Gasteiger partial charge is 0.396 e. The summed E-state index contributed by atoms with van der Waals surface area (Å²) in [6, 6.07) is 10.7. The molecule has 8 nitrogen and oxygen atoms in total. The van der Waals surface area contributed by atoms with Crippen LogP contribution in [0.3, 0.4) is 0 Å². The molecule has 168 valence electrons. The number of anilines is 2. The van der Waals surface area contributed by atoms with Crippen LogP contribution in [0.25, 0.3) is 22.6 Å². The molecule has 2 saturated heterocycles. The summed E-state index contributed by atoms with van der Waals surface area (Å²) in [4.78, 5) is 14.4. The van der Waals surface area contributed by atoms with E-state index in [1.54, 1.807) is 4.68 Å². The number of benzene rings is 1. The Morgan fingerprint density at radius 3 is 2.38 bits per heavy atom. The van der Waals surface area contributed by atoms with Crippen molar-refractivity contribution in [1.29, 1.82) is 0 Å². The van der Waals surface area contributed by atoms with Crippen molar-refractivity contribution in [2.24, 2.45) is 13.0 Å². The van der Waals surface area contributed by atoms with Crippen LogP contribution in [0.1, 0.15) is 12.8 Å². The molecule has 0 atom stereocenters. The van der Waals surface area contributed by atoms with Crippen molar-refractivity contribution in [2.45, 2.75) is 12.8 Å². The van der Waals surface area contributed by atoms with Gasteiger partial charge >= 0.3 is 0 Å². The molecular formula is C24H30N6O2. The Kier molecular flexibility index (Phi) is 6.05. The molecule has 0 spiro atoms. The molecule has 32 heavy (non-hydrogen) atoms. The summed E-state index contributed by atoms with van der Waals surface area (Å²) in [5.41, 5.74) is 4.10. The Labute approximate surface area is 188 Å². The molecule has 2 fully saturated rings. The predicted molar refractivity (Wildman–Crippen MR) is 125 cm³/mol. The summed E-state index contributed by atoms with van der Waals surface area (Å²) in [5.74, 6) is 2.01. The highest BCUT2D eigenvalue weighted by Gasteiger charge is 2.21. The van der Waals surface area contributed by atoms with E-state index in [1.807, 2.05) is 19.4 Å². The van der Waals surface area contributed by atoms with Gasteiger partial charge in [-0.3, -0.25) is 4.68 Å². The Morgan fingerprint density at radius 2 is 1.72 bits per heavy atom. The Bertz CT molecular complexity index is 1040. The summed E-state index contributed by atoms with van der Waals surface area (Å²) < 4.78 is 7.24. The van der Waals surface area contributed by atoms with Crippen molar-refractivity contribution in [2.75, 3.05) is 55.8 Å². The number of aromatic nitrogens is 4. The van der Waals surface area contributed by atoms with Crippen LogP contribution in [0.5, 0.6) is 0 Å². The summed E-state index contributed by atoms with van der Waals surface area (Å²) in [7, 11) is 1.90. The molecule has 0 saturated carbocycles. The van der Waals surface area contributed by atoms with Crippen LogP contribution < -0.4 is 9.80 Å². The van der Waals surface area contributed by atoms with E-state index < -0.39 is 0 Å². The van der Waals surface area contributed by atoms with Crippen molar-refractivity contribution in [3.05, 3.63) is 42.7 Å². The van der Waals surface area contributed by atoms with E-state index in [0.29, 0.717) is 11.7 Å². The Morgan fingerprint density at radius 1 is 0.969 bits per heavy atom. The van der Waals surface area contributed by atoms with Crippen molar-refractivity contribution < 1.29 is 9.84 Å². The fourth-order valence-electron chi connectivity index (χ4n) is 4.42. The summed E-state index contributed by atoms with van der Waals surface area (Å²) in [6.07, 6.45) is 5.71. The first-order valence-corrected chi connectivity index (χ1v) is 11.4. The van der Waals surface area contributed by atoms with Gasteiger partial charge in [0.2, 0.25) is 0 Å².